The number of benzene rings is 2. The van der Waals surface area contributed by atoms with Crippen LogP contribution in [0.25, 0.3) is 21.8 Å². The third kappa shape index (κ3) is 13.7. The van der Waals surface area contributed by atoms with E-state index in [1.807, 2.05) is 52.0 Å². The van der Waals surface area contributed by atoms with Gasteiger partial charge in [0, 0.05) is 52.5 Å². The van der Waals surface area contributed by atoms with Crippen molar-refractivity contribution in [3.8, 4) is 27.6 Å². The monoisotopic (exact) mass is 979 g/mol. The summed E-state index contributed by atoms with van der Waals surface area (Å²) in [7, 11) is 4.69. The predicted molar refractivity (Wildman–Crippen MR) is 263 cm³/mol. The molecule has 0 saturated carbocycles. The van der Waals surface area contributed by atoms with E-state index in [9.17, 15) is 33.9 Å². The van der Waals surface area contributed by atoms with Gasteiger partial charge in [-0.05, 0) is 48.4 Å². The largest absolute Gasteiger partial charge is 0.494 e. The van der Waals surface area contributed by atoms with Gasteiger partial charge in [0.2, 0.25) is 29.5 Å². The van der Waals surface area contributed by atoms with Crippen molar-refractivity contribution < 1.29 is 38.6 Å². The van der Waals surface area contributed by atoms with Crippen molar-refractivity contribution in [2.24, 2.45) is 12.5 Å². The van der Waals surface area contributed by atoms with Gasteiger partial charge in [-0.25, -0.2) is 9.97 Å². The maximum Gasteiger partial charge on any atom is 0.273 e. The van der Waals surface area contributed by atoms with E-state index in [1.54, 1.807) is 53.1 Å². The van der Waals surface area contributed by atoms with Gasteiger partial charge in [-0.3, -0.25) is 33.4 Å². The van der Waals surface area contributed by atoms with Crippen molar-refractivity contribution in [1.82, 2.24) is 56.1 Å². The fourth-order valence-electron chi connectivity index (χ4n) is 7.87. The zero-order chi connectivity index (χ0) is 50.5. The molecule has 70 heavy (non-hydrogen) atoms. The van der Waals surface area contributed by atoms with E-state index in [1.165, 1.54) is 25.1 Å². The topological polar surface area (TPSA) is 277 Å². The van der Waals surface area contributed by atoms with Crippen molar-refractivity contribution in [2.45, 2.75) is 97.4 Å². The lowest BCUT2D eigenvalue weighted by Gasteiger charge is -2.35. The van der Waals surface area contributed by atoms with Crippen molar-refractivity contribution in [1.29, 1.82) is 0 Å². The quantitative estimate of drug-likeness (QED) is 0.0512. The number of aryl methyl sites for hydroxylation is 2. The summed E-state index contributed by atoms with van der Waals surface area (Å²) < 4.78 is 7.24. The van der Waals surface area contributed by atoms with Gasteiger partial charge in [0.25, 0.3) is 5.91 Å². The minimum Gasteiger partial charge on any atom is -0.494 e. The number of nitrogens with zero attached hydrogens (tertiary/aromatic N) is 7. The summed E-state index contributed by atoms with van der Waals surface area (Å²) >= 11 is 1.56. The van der Waals surface area contributed by atoms with Crippen LogP contribution in [0, 0.1) is 12.3 Å². The number of rotatable bonds is 21. The Morgan fingerprint density at radius 3 is 2.29 bits per heavy atom. The number of β-amino-alcohol motifs (C(OH)–C–C–N with tert-alkyl or cyclic N) is 1. The lowest BCUT2D eigenvalue weighted by molar-refractivity contribution is -0.144. The van der Waals surface area contributed by atoms with Crippen LogP contribution in [-0.4, -0.2) is 121 Å². The SMILES string of the molecule is CNC(=O)c1nnc(NC(=O)CNC(=O)CCCCCCC(=O)NC(C(=O)N2C[C@H](O)C[C@H]2C(=O)NCc2ccc(-c3scnc3C)cc2)C(C)(C)C)cc1Nc1cccc(-c2ncn(C)n2)c1OC. The van der Waals surface area contributed by atoms with Gasteiger partial charge in [0.05, 0.1) is 52.8 Å². The second-order valence-electron chi connectivity index (χ2n) is 18.0. The number of ether oxygens (including phenoxy) is 1. The molecule has 1 aliphatic rings. The Bertz CT molecular complexity index is 2660. The Morgan fingerprint density at radius 2 is 1.64 bits per heavy atom. The number of hydrogen-bond acceptors (Lipinski definition) is 15. The van der Waals surface area contributed by atoms with Crippen molar-refractivity contribution in [3.63, 3.8) is 0 Å². The van der Waals surface area contributed by atoms with Crippen molar-refractivity contribution >= 4 is 64.0 Å². The third-order valence-electron chi connectivity index (χ3n) is 11.5. The number of aliphatic hydroxyl groups excluding tert-OH is 1. The van der Waals surface area contributed by atoms with Gasteiger partial charge in [0.15, 0.2) is 23.1 Å². The summed E-state index contributed by atoms with van der Waals surface area (Å²) in [5.74, 6) is -1.72. The van der Waals surface area contributed by atoms with Gasteiger partial charge in [-0.1, -0.05) is 63.9 Å². The van der Waals surface area contributed by atoms with Crippen LogP contribution in [0.5, 0.6) is 5.75 Å². The molecule has 5 aromatic rings. The van der Waals surface area contributed by atoms with E-state index in [0.717, 1.165) is 21.7 Å². The van der Waals surface area contributed by atoms with Gasteiger partial charge in [-0.15, -0.1) is 21.5 Å². The normalized spacial score (nSPS) is 14.9. The molecule has 1 unspecified atom stereocenters. The molecule has 1 saturated heterocycles. The van der Waals surface area contributed by atoms with E-state index >= 15 is 0 Å². The standard InChI is InChI=1S/C48H61N13O8S/c1-28-42(70-27-53-28)30-19-17-29(18-20-30)23-51-45(66)35-21-31(62)25-61(35)47(68)43(48(2,3)4)56-38(64)16-11-9-8-10-15-37(63)50-24-39(65)55-36-22-34(40(58-57-36)46(67)49-5)54-33-14-12-13-32(41(33)69-7)44-52-26-60(6)59-44/h12-14,17-20,22,26-27,31,35,43,62H,8-11,15-16,21,23-25H2,1-7H3,(H,49,67)(H,50,63)(H,51,66)(H,56,64)(H2,54,55,57,65)/t31-,35+,43?/m1/s1. The Kier molecular flexibility index (Phi) is 17.7. The summed E-state index contributed by atoms with van der Waals surface area (Å²) in [5, 5.41) is 39.6. The van der Waals surface area contributed by atoms with Crippen LogP contribution < -0.4 is 36.6 Å². The maximum atomic E-state index is 14.0. The molecular formula is C48H61N13O8S. The summed E-state index contributed by atoms with van der Waals surface area (Å²) in [4.78, 5) is 89.9. The number of likely N-dealkylation sites (tertiary alicyclic amines) is 1. The predicted octanol–water partition coefficient (Wildman–Crippen LogP) is 4.02. The highest BCUT2D eigenvalue weighted by Crippen LogP contribution is 2.37. The van der Waals surface area contributed by atoms with E-state index in [0.29, 0.717) is 48.5 Å². The number of nitrogens with one attached hydrogen (secondary N) is 6. The first-order valence-electron chi connectivity index (χ1n) is 23.0. The van der Waals surface area contributed by atoms with Crippen LogP contribution in [0.4, 0.5) is 17.2 Å². The number of hydrogen-bond donors (Lipinski definition) is 7. The minimum atomic E-state index is -0.945. The first-order valence-corrected chi connectivity index (χ1v) is 23.8. The summed E-state index contributed by atoms with van der Waals surface area (Å²) in [6.07, 6.45) is 3.36. The molecule has 1 aliphatic heterocycles. The molecule has 3 atom stereocenters. The van der Waals surface area contributed by atoms with Crippen molar-refractivity contribution in [2.75, 3.05) is 37.9 Å². The number of amides is 6. The van der Waals surface area contributed by atoms with Gasteiger partial charge in [0.1, 0.15) is 18.4 Å². The highest BCUT2D eigenvalue weighted by Gasteiger charge is 2.44. The van der Waals surface area contributed by atoms with Crippen LogP contribution in [0.3, 0.4) is 0 Å². The average Bonchev–Trinajstić information content (AvgIpc) is 4.09. The van der Waals surface area contributed by atoms with Gasteiger partial charge < -0.3 is 46.6 Å². The van der Waals surface area contributed by atoms with Crippen molar-refractivity contribution in [3.05, 3.63) is 77.3 Å². The summed E-state index contributed by atoms with van der Waals surface area (Å²) in [6.45, 7) is 7.33. The van der Waals surface area contributed by atoms with Crippen LogP contribution in [0.1, 0.15) is 87.5 Å². The molecule has 4 heterocycles. The number of carbonyl (C=O) groups is 6. The Labute approximate surface area is 410 Å². The molecule has 6 rings (SSSR count). The molecule has 0 bridgehead atoms. The number of aliphatic hydroxyl groups is 1. The molecule has 7 N–H and O–H groups in total. The molecule has 2 aromatic carbocycles. The number of aromatic nitrogens is 6. The molecule has 1 fully saturated rings. The lowest BCUT2D eigenvalue weighted by Crippen LogP contribution is -2.57. The van der Waals surface area contributed by atoms with Gasteiger partial charge >= 0.3 is 0 Å². The molecule has 22 heteroatoms. The average molecular weight is 980 g/mol. The molecule has 0 aliphatic carbocycles. The first kappa shape index (κ1) is 52.0. The number of thiazole rings is 1. The second-order valence-corrected chi connectivity index (χ2v) is 18.9. The van der Waals surface area contributed by atoms with Crippen LogP contribution in [-0.2, 0) is 37.6 Å². The molecule has 3 aromatic heterocycles. The molecule has 0 spiro atoms. The number of methoxy groups -OCH3 is 1. The van der Waals surface area contributed by atoms with Crippen LogP contribution >= 0.6 is 11.3 Å². The third-order valence-corrected chi connectivity index (χ3v) is 12.5. The fourth-order valence-corrected chi connectivity index (χ4v) is 8.68. The fraction of sp³-hybridized carbons (Fsp3) is 0.438. The Hall–Kier alpha value is -7.33. The zero-order valence-corrected chi connectivity index (χ0v) is 41.2. The van der Waals surface area contributed by atoms with E-state index in [2.05, 4.69) is 57.2 Å². The highest BCUT2D eigenvalue weighted by molar-refractivity contribution is 7.13. The molecule has 21 nitrogen and oxygen atoms in total. The first-order chi connectivity index (χ1) is 33.4. The van der Waals surface area contributed by atoms with E-state index in [-0.39, 0.29) is 73.8 Å². The molecule has 0 radical (unpaired) electrons. The number of unbranched alkanes of at least 4 members (excludes halogenated alkanes) is 3. The molecular weight excluding hydrogens is 919 g/mol. The number of anilines is 3. The highest BCUT2D eigenvalue weighted by atomic mass is 32.1. The summed E-state index contributed by atoms with van der Waals surface area (Å²) in [5.41, 5.74) is 5.21. The molecule has 372 valence electrons. The van der Waals surface area contributed by atoms with Gasteiger partial charge in [-0.2, -0.15) is 5.10 Å². The smallest absolute Gasteiger partial charge is 0.273 e. The lowest BCUT2D eigenvalue weighted by atomic mass is 9.85. The van der Waals surface area contributed by atoms with Crippen LogP contribution in [0.2, 0.25) is 0 Å². The second kappa shape index (κ2) is 23.8. The zero-order valence-electron chi connectivity index (χ0n) is 40.4. The number of carbonyl (C=O) groups excluding carboxylic acids is 6. The maximum absolute atomic E-state index is 14.0. The van der Waals surface area contributed by atoms with E-state index < -0.39 is 41.3 Å². The Morgan fingerprint density at radius 1 is 0.914 bits per heavy atom. The van der Waals surface area contributed by atoms with Crippen LogP contribution in [0.15, 0.2) is 60.4 Å². The minimum absolute atomic E-state index is 0.0247. The Balaban J connectivity index is 0.918. The van der Waals surface area contributed by atoms with E-state index in [4.69, 9.17) is 4.74 Å². The molecule has 6 amide bonds. The number of para-hydroxylation sites is 1. The summed E-state index contributed by atoms with van der Waals surface area (Å²) in [6, 6.07) is 12.7.